The second-order valence-electron chi connectivity index (χ2n) is 7.08. The van der Waals surface area contributed by atoms with E-state index in [1.165, 1.54) is 19.3 Å². The molecule has 2 fully saturated rings. The maximum atomic E-state index is 12.2. The predicted octanol–water partition coefficient (Wildman–Crippen LogP) is 3.01. The van der Waals surface area contributed by atoms with Crippen LogP contribution in [0.2, 0.25) is 0 Å². The zero-order valence-corrected chi connectivity index (χ0v) is 13.7. The molecule has 4 rings (SSSR count). The van der Waals surface area contributed by atoms with E-state index in [1.807, 2.05) is 0 Å². The van der Waals surface area contributed by atoms with Crippen LogP contribution in [0, 0.1) is 17.8 Å². The highest BCUT2D eigenvalue weighted by atomic mass is 16.6. The summed E-state index contributed by atoms with van der Waals surface area (Å²) < 4.78 is 16.1. The molecule has 0 saturated heterocycles. The molecule has 3 aliphatic rings. The minimum atomic E-state index is -0.251. The fourth-order valence-electron chi connectivity index (χ4n) is 4.35. The predicted molar refractivity (Wildman–Crippen MR) is 86.3 cm³/mol. The molecule has 0 radical (unpaired) electrons. The van der Waals surface area contributed by atoms with Gasteiger partial charge in [0.15, 0.2) is 23.9 Å². The second-order valence-corrected chi connectivity index (χ2v) is 7.08. The zero-order chi connectivity index (χ0) is 16.5. The Morgan fingerprint density at radius 2 is 1.92 bits per heavy atom. The van der Waals surface area contributed by atoms with Crippen LogP contribution in [-0.2, 0) is 9.53 Å². The highest BCUT2D eigenvalue weighted by molar-refractivity contribution is 5.98. The van der Waals surface area contributed by atoms with Crippen molar-refractivity contribution < 1.29 is 23.8 Å². The molecule has 5 heteroatoms. The highest BCUT2D eigenvalue weighted by Crippen LogP contribution is 2.49. The highest BCUT2D eigenvalue weighted by Gasteiger charge is 2.40. The summed E-state index contributed by atoms with van der Waals surface area (Å²) >= 11 is 0. The van der Waals surface area contributed by atoms with Crippen LogP contribution in [-0.4, -0.2) is 31.6 Å². The Labute approximate surface area is 141 Å². The normalized spacial score (nSPS) is 27.1. The number of ketones is 1. The number of Topliss-reactive ketones (excluding diaryl/α,β-unsaturated/α-hetero) is 1. The van der Waals surface area contributed by atoms with E-state index in [0.717, 1.165) is 12.3 Å². The third-order valence-electron chi connectivity index (χ3n) is 5.54. The molecule has 2 bridgehead atoms. The van der Waals surface area contributed by atoms with E-state index in [1.54, 1.807) is 18.2 Å². The van der Waals surface area contributed by atoms with E-state index >= 15 is 0 Å². The minimum absolute atomic E-state index is 0.209. The van der Waals surface area contributed by atoms with E-state index in [-0.39, 0.29) is 18.4 Å². The Balaban J connectivity index is 1.29. The van der Waals surface area contributed by atoms with Crippen molar-refractivity contribution in [1.29, 1.82) is 0 Å². The van der Waals surface area contributed by atoms with Crippen molar-refractivity contribution in [2.24, 2.45) is 17.8 Å². The van der Waals surface area contributed by atoms with Gasteiger partial charge in [0.25, 0.3) is 0 Å². The summed E-state index contributed by atoms with van der Waals surface area (Å²) in [6, 6.07) is 5.05. The van der Waals surface area contributed by atoms with E-state index < -0.39 is 0 Å². The lowest BCUT2D eigenvalue weighted by Crippen LogP contribution is -2.20. The first kappa shape index (κ1) is 15.5. The van der Waals surface area contributed by atoms with Crippen molar-refractivity contribution in [3.8, 4) is 11.5 Å². The molecule has 0 N–H and O–H groups in total. The lowest BCUT2D eigenvalue weighted by molar-refractivity contribution is -0.144. The van der Waals surface area contributed by atoms with Gasteiger partial charge in [-0.05, 0) is 55.2 Å². The van der Waals surface area contributed by atoms with Crippen molar-refractivity contribution in [1.82, 2.24) is 0 Å². The van der Waals surface area contributed by atoms with Gasteiger partial charge in [-0.15, -0.1) is 0 Å². The van der Waals surface area contributed by atoms with Crippen LogP contribution in [0.15, 0.2) is 18.2 Å². The molecule has 0 unspecified atom stereocenters. The Morgan fingerprint density at radius 1 is 1.08 bits per heavy atom. The first-order valence-corrected chi connectivity index (χ1v) is 8.77. The smallest absolute Gasteiger partial charge is 0.306 e. The molecule has 0 aromatic heterocycles. The Bertz CT molecular complexity index is 653. The van der Waals surface area contributed by atoms with Gasteiger partial charge in [0.1, 0.15) is 13.2 Å². The summed E-state index contributed by atoms with van der Waals surface area (Å²) in [6.07, 6.45) is 5.44. The van der Waals surface area contributed by atoms with Crippen LogP contribution in [0.1, 0.15) is 42.5 Å². The molecule has 2 saturated carbocycles. The summed E-state index contributed by atoms with van der Waals surface area (Å²) in [6.45, 7) is 0.781. The number of benzene rings is 1. The van der Waals surface area contributed by atoms with E-state index in [0.29, 0.717) is 48.5 Å². The lowest BCUT2D eigenvalue weighted by atomic mass is 9.86. The Hall–Kier alpha value is -2.04. The van der Waals surface area contributed by atoms with Gasteiger partial charge in [0, 0.05) is 12.0 Å². The van der Waals surface area contributed by atoms with Crippen LogP contribution >= 0.6 is 0 Å². The summed E-state index contributed by atoms with van der Waals surface area (Å²) in [5.74, 6) is 2.71. The lowest BCUT2D eigenvalue weighted by Gasteiger charge is -2.20. The number of hydrogen-bond donors (Lipinski definition) is 0. The Morgan fingerprint density at radius 3 is 2.67 bits per heavy atom. The standard InChI is InChI=1S/C19H22O5/c20-16(14-3-4-17-18(9-14)23-6-5-22-17)11-24-19(21)10-15-8-12-1-2-13(15)7-12/h3-4,9,12-13,15H,1-2,5-8,10-11H2/t12-,13+,15+/m0/s1. The number of rotatable bonds is 5. The van der Waals surface area contributed by atoms with Crippen LogP contribution < -0.4 is 9.47 Å². The van der Waals surface area contributed by atoms with Gasteiger partial charge in [-0.2, -0.15) is 0 Å². The number of fused-ring (bicyclic) bond motifs is 3. The topological polar surface area (TPSA) is 61.8 Å². The average Bonchev–Trinajstić information content (AvgIpc) is 3.22. The van der Waals surface area contributed by atoms with Crippen molar-refractivity contribution in [3.05, 3.63) is 23.8 Å². The van der Waals surface area contributed by atoms with Gasteiger partial charge in [-0.3, -0.25) is 9.59 Å². The average molecular weight is 330 g/mol. The van der Waals surface area contributed by atoms with Gasteiger partial charge < -0.3 is 14.2 Å². The molecular formula is C19H22O5. The van der Waals surface area contributed by atoms with E-state index in [9.17, 15) is 9.59 Å². The van der Waals surface area contributed by atoms with Gasteiger partial charge in [0.2, 0.25) is 0 Å². The van der Waals surface area contributed by atoms with Gasteiger partial charge in [-0.1, -0.05) is 6.42 Å². The number of carbonyl (C=O) groups excluding carboxylic acids is 2. The summed E-state index contributed by atoms with van der Waals surface area (Å²) in [5.41, 5.74) is 0.479. The molecule has 2 aliphatic carbocycles. The van der Waals surface area contributed by atoms with Crippen molar-refractivity contribution in [2.45, 2.75) is 32.1 Å². The third kappa shape index (κ3) is 3.12. The van der Waals surface area contributed by atoms with Crippen LogP contribution in [0.5, 0.6) is 11.5 Å². The first-order chi connectivity index (χ1) is 11.7. The van der Waals surface area contributed by atoms with E-state index in [4.69, 9.17) is 14.2 Å². The summed E-state index contributed by atoms with van der Waals surface area (Å²) in [4.78, 5) is 24.3. The fourth-order valence-corrected chi connectivity index (χ4v) is 4.35. The van der Waals surface area contributed by atoms with Crippen LogP contribution in [0.4, 0.5) is 0 Å². The molecule has 24 heavy (non-hydrogen) atoms. The minimum Gasteiger partial charge on any atom is -0.486 e. The molecule has 3 atom stereocenters. The number of carbonyl (C=O) groups is 2. The fraction of sp³-hybridized carbons (Fsp3) is 0.579. The van der Waals surface area contributed by atoms with Crippen LogP contribution in [0.3, 0.4) is 0 Å². The molecule has 1 aromatic rings. The van der Waals surface area contributed by atoms with Crippen molar-refractivity contribution in [3.63, 3.8) is 0 Å². The Kier molecular flexibility index (Phi) is 4.17. The largest absolute Gasteiger partial charge is 0.486 e. The number of esters is 1. The number of hydrogen-bond acceptors (Lipinski definition) is 5. The SMILES string of the molecule is O=C(C[C@H]1C[C@H]2CC[C@@H]1C2)OCC(=O)c1ccc2c(c1)OCCO2. The maximum absolute atomic E-state index is 12.2. The number of ether oxygens (including phenoxy) is 3. The van der Waals surface area contributed by atoms with Crippen molar-refractivity contribution in [2.75, 3.05) is 19.8 Å². The monoisotopic (exact) mass is 330 g/mol. The third-order valence-corrected chi connectivity index (χ3v) is 5.54. The molecule has 5 nitrogen and oxygen atoms in total. The molecule has 0 spiro atoms. The molecule has 0 amide bonds. The van der Waals surface area contributed by atoms with Gasteiger partial charge >= 0.3 is 5.97 Å². The van der Waals surface area contributed by atoms with Crippen molar-refractivity contribution >= 4 is 11.8 Å². The van der Waals surface area contributed by atoms with Crippen LogP contribution in [0.25, 0.3) is 0 Å². The molecule has 1 heterocycles. The van der Waals surface area contributed by atoms with E-state index in [2.05, 4.69) is 0 Å². The maximum Gasteiger partial charge on any atom is 0.306 e. The zero-order valence-electron chi connectivity index (χ0n) is 13.7. The molecule has 1 aliphatic heterocycles. The quantitative estimate of drug-likeness (QED) is 0.613. The molecular weight excluding hydrogens is 308 g/mol. The second kappa shape index (κ2) is 6.46. The summed E-state index contributed by atoms with van der Waals surface area (Å²) in [7, 11) is 0. The van der Waals surface area contributed by atoms with Gasteiger partial charge in [0.05, 0.1) is 0 Å². The first-order valence-electron chi connectivity index (χ1n) is 8.77. The molecule has 128 valence electrons. The van der Waals surface area contributed by atoms with Gasteiger partial charge in [-0.25, -0.2) is 0 Å². The molecule has 1 aromatic carbocycles. The summed E-state index contributed by atoms with van der Waals surface area (Å²) in [5, 5.41) is 0.